The van der Waals surface area contributed by atoms with Gasteiger partial charge in [-0.3, -0.25) is 4.98 Å². The van der Waals surface area contributed by atoms with Crippen LogP contribution in [-0.4, -0.2) is 53.6 Å². The van der Waals surface area contributed by atoms with Crippen LogP contribution in [0.3, 0.4) is 0 Å². The molecule has 1 heterocycles. The number of pyridine rings is 1. The second kappa shape index (κ2) is 10.2. The summed E-state index contributed by atoms with van der Waals surface area (Å²) in [5.74, 6) is 0.493. The average Bonchev–Trinajstić information content (AvgIpc) is 2.78. The van der Waals surface area contributed by atoms with Gasteiger partial charge in [0.2, 0.25) is 0 Å². The molecule has 0 atom stereocenters. The molecule has 0 spiro atoms. The van der Waals surface area contributed by atoms with E-state index in [9.17, 15) is 4.79 Å². The number of nitrogens with zero attached hydrogens (tertiary/aromatic N) is 3. The summed E-state index contributed by atoms with van der Waals surface area (Å²) in [6, 6.07) is 16.2. The van der Waals surface area contributed by atoms with Crippen LogP contribution in [0.15, 0.2) is 54.7 Å². The van der Waals surface area contributed by atoms with Crippen molar-refractivity contribution in [3.63, 3.8) is 0 Å². The minimum Gasteiger partial charge on any atom is -0.408 e. The van der Waals surface area contributed by atoms with E-state index in [4.69, 9.17) is 4.74 Å². The maximum Gasteiger partial charge on any atom is 0.415 e. The lowest BCUT2D eigenvalue weighted by atomic mass is 10.0. The Morgan fingerprint density at radius 3 is 2.20 bits per heavy atom. The van der Waals surface area contributed by atoms with Crippen LogP contribution >= 0.6 is 0 Å². The standard InChI is InChI=1S/C25H31N3O2/c1-5-27(6-2)16-17-28(7-3)25(29)30-23-18-26-24(20-14-12-19(4)13-15-20)22-11-9-8-10-21(22)23/h8-15,18H,5-7,16-17H2,1-4H3. The van der Waals surface area contributed by atoms with Crippen molar-refractivity contribution in [2.45, 2.75) is 27.7 Å². The van der Waals surface area contributed by atoms with Gasteiger partial charge in [0.05, 0.1) is 11.9 Å². The number of aryl methyl sites for hydroxylation is 1. The molecule has 3 rings (SSSR count). The molecule has 1 aromatic heterocycles. The maximum atomic E-state index is 12.8. The van der Waals surface area contributed by atoms with Crippen LogP contribution in [0, 0.1) is 6.92 Å². The van der Waals surface area contributed by atoms with E-state index >= 15 is 0 Å². The van der Waals surface area contributed by atoms with Crippen molar-refractivity contribution >= 4 is 16.9 Å². The lowest BCUT2D eigenvalue weighted by molar-refractivity contribution is 0.147. The maximum absolute atomic E-state index is 12.8. The summed E-state index contributed by atoms with van der Waals surface area (Å²) in [5.41, 5.74) is 3.14. The monoisotopic (exact) mass is 405 g/mol. The summed E-state index contributed by atoms with van der Waals surface area (Å²) in [4.78, 5) is 21.5. The molecule has 0 radical (unpaired) electrons. The molecule has 0 fully saturated rings. The number of rotatable bonds is 8. The Bertz CT molecular complexity index is 981. The topological polar surface area (TPSA) is 45.7 Å². The number of carbonyl (C=O) groups excluding carboxylic acids is 1. The Morgan fingerprint density at radius 1 is 0.900 bits per heavy atom. The van der Waals surface area contributed by atoms with E-state index < -0.39 is 0 Å². The van der Waals surface area contributed by atoms with Gasteiger partial charge in [0.1, 0.15) is 0 Å². The van der Waals surface area contributed by atoms with Gasteiger partial charge < -0.3 is 14.5 Å². The fraction of sp³-hybridized carbons (Fsp3) is 0.360. The largest absolute Gasteiger partial charge is 0.415 e. The number of hydrogen-bond donors (Lipinski definition) is 0. The third-order valence-electron chi connectivity index (χ3n) is 5.50. The molecule has 158 valence electrons. The predicted octanol–water partition coefficient (Wildman–Crippen LogP) is 5.37. The van der Waals surface area contributed by atoms with Crippen molar-refractivity contribution in [2.24, 2.45) is 0 Å². The summed E-state index contributed by atoms with van der Waals surface area (Å²) >= 11 is 0. The Hall–Kier alpha value is -2.92. The van der Waals surface area contributed by atoms with Crippen LogP contribution < -0.4 is 4.74 Å². The molecule has 5 heteroatoms. The molecule has 0 aliphatic carbocycles. The van der Waals surface area contributed by atoms with Crippen LogP contribution in [0.25, 0.3) is 22.0 Å². The zero-order valence-electron chi connectivity index (χ0n) is 18.4. The minimum atomic E-state index is -0.334. The first-order valence-electron chi connectivity index (χ1n) is 10.7. The zero-order valence-corrected chi connectivity index (χ0v) is 18.4. The molecular formula is C25H31N3O2. The van der Waals surface area contributed by atoms with Crippen molar-refractivity contribution in [3.8, 4) is 17.0 Å². The molecule has 0 saturated carbocycles. The summed E-state index contributed by atoms with van der Waals surface area (Å²) < 4.78 is 5.80. The van der Waals surface area contributed by atoms with E-state index in [2.05, 4.69) is 54.9 Å². The van der Waals surface area contributed by atoms with Gasteiger partial charge in [0, 0.05) is 36.0 Å². The van der Waals surface area contributed by atoms with Gasteiger partial charge >= 0.3 is 6.09 Å². The molecule has 2 aromatic carbocycles. The Labute approximate surface area is 179 Å². The number of benzene rings is 2. The quantitative estimate of drug-likeness (QED) is 0.505. The van der Waals surface area contributed by atoms with E-state index in [1.807, 2.05) is 31.2 Å². The fourth-order valence-corrected chi connectivity index (χ4v) is 3.53. The van der Waals surface area contributed by atoms with Gasteiger partial charge in [-0.25, -0.2) is 4.79 Å². The number of amides is 1. The summed E-state index contributed by atoms with van der Waals surface area (Å²) in [6.07, 6.45) is 1.33. The first-order chi connectivity index (χ1) is 14.6. The Morgan fingerprint density at radius 2 is 1.57 bits per heavy atom. The summed E-state index contributed by atoms with van der Waals surface area (Å²) in [5, 5.41) is 1.86. The van der Waals surface area contributed by atoms with Crippen molar-refractivity contribution in [1.82, 2.24) is 14.8 Å². The number of ether oxygens (including phenoxy) is 1. The van der Waals surface area contributed by atoms with Gasteiger partial charge in [-0.05, 0) is 26.9 Å². The molecule has 0 saturated heterocycles. The highest BCUT2D eigenvalue weighted by Crippen LogP contribution is 2.32. The third kappa shape index (κ3) is 4.97. The number of hydrogen-bond acceptors (Lipinski definition) is 4. The van der Waals surface area contributed by atoms with Crippen molar-refractivity contribution in [3.05, 3.63) is 60.3 Å². The first-order valence-corrected chi connectivity index (χ1v) is 10.7. The molecule has 0 aliphatic rings. The van der Waals surface area contributed by atoms with Crippen LogP contribution in [0.2, 0.25) is 0 Å². The van der Waals surface area contributed by atoms with E-state index in [0.717, 1.165) is 41.7 Å². The highest BCUT2D eigenvalue weighted by atomic mass is 16.6. The van der Waals surface area contributed by atoms with Crippen LogP contribution in [-0.2, 0) is 0 Å². The molecule has 30 heavy (non-hydrogen) atoms. The first kappa shape index (κ1) is 21.8. The molecule has 5 nitrogen and oxygen atoms in total. The van der Waals surface area contributed by atoms with Gasteiger partial charge in [0.15, 0.2) is 5.75 Å². The molecular weight excluding hydrogens is 374 g/mol. The molecule has 1 amide bonds. The van der Waals surface area contributed by atoms with Gasteiger partial charge in [-0.1, -0.05) is 67.9 Å². The van der Waals surface area contributed by atoms with Crippen molar-refractivity contribution in [1.29, 1.82) is 0 Å². The van der Waals surface area contributed by atoms with E-state index in [1.165, 1.54) is 5.56 Å². The molecule has 0 unspecified atom stereocenters. The highest BCUT2D eigenvalue weighted by Gasteiger charge is 2.18. The number of fused-ring (bicyclic) bond motifs is 1. The predicted molar refractivity (Wildman–Crippen MR) is 123 cm³/mol. The average molecular weight is 406 g/mol. The molecule has 0 aliphatic heterocycles. The molecule has 0 bridgehead atoms. The highest BCUT2D eigenvalue weighted by molar-refractivity contribution is 5.98. The minimum absolute atomic E-state index is 0.334. The lowest BCUT2D eigenvalue weighted by Gasteiger charge is -2.25. The Kier molecular flexibility index (Phi) is 7.41. The second-order valence-electron chi connectivity index (χ2n) is 7.36. The van der Waals surface area contributed by atoms with Gasteiger partial charge in [0.25, 0.3) is 0 Å². The number of carbonyl (C=O) groups is 1. The van der Waals surface area contributed by atoms with E-state index in [0.29, 0.717) is 18.8 Å². The van der Waals surface area contributed by atoms with Crippen molar-refractivity contribution in [2.75, 3.05) is 32.7 Å². The van der Waals surface area contributed by atoms with Crippen molar-refractivity contribution < 1.29 is 9.53 Å². The number of aromatic nitrogens is 1. The summed E-state index contributed by atoms with van der Waals surface area (Å²) in [7, 11) is 0. The number of likely N-dealkylation sites (N-methyl/N-ethyl adjacent to an activating group) is 2. The molecule has 0 N–H and O–H groups in total. The second-order valence-corrected chi connectivity index (χ2v) is 7.36. The summed E-state index contributed by atoms with van der Waals surface area (Å²) in [6.45, 7) is 12.3. The van der Waals surface area contributed by atoms with E-state index in [-0.39, 0.29) is 6.09 Å². The normalized spacial score (nSPS) is 11.1. The zero-order chi connectivity index (χ0) is 21.5. The molecule has 3 aromatic rings. The third-order valence-corrected chi connectivity index (χ3v) is 5.50. The fourth-order valence-electron chi connectivity index (χ4n) is 3.53. The van der Waals surface area contributed by atoms with Crippen LogP contribution in [0.1, 0.15) is 26.3 Å². The smallest absolute Gasteiger partial charge is 0.408 e. The van der Waals surface area contributed by atoms with Crippen LogP contribution in [0.4, 0.5) is 4.79 Å². The SMILES string of the molecule is CCN(CC)CCN(CC)C(=O)Oc1cnc(-c2ccc(C)cc2)c2ccccc12. The van der Waals surface area contributed by atoms with Gasteiger partial charge in [-0.2, -0.15) is 0 Å². The Balaban J connectivity index is 1.85. The van der Waals surface area contributed by atoms with E-state index in [1.54, 1.807) is 11.1 Å². The van der Waals surface area contributed by atoms with Gasteiger partial charge in [-0.15, -0.1) is 0 Å². The van der Waals surface area contributed by atoms with Crippen LogP contribution in [0.5, 0.6) is 5.75 Å². The lowest BCUT2D eigenvalue weighted by Crippen LogP contribution is -2.40.